The van der Waals surface area contributed by atoms with Gasteiger partial charge in [-0.15, -0.1) is 0 Å². The van der Waals surface area contributed by atoms with Crippen LogP contribution in [0.1, 0.15) is 23.2 Å². The van der Waals surface area contributed by atoms with E-state index < -0.39 is 23.4 Å². The highest BCUT2D eigenvalue weighted by molar-refractivity contribution is 5.99. The number of nitro benzene ring substituents is 1. The van der Waals surface area contributed by atoms with Crippen LogP contribution in [0.3, 0.4) is 0 Å². The zero-order valence-electron chi connectivity index (χ0n) is 15.9. The molecule has 9 heteroatoms. The molecule has 2 aromatic carbocycles. The van der Waals surface area contributed by atoms with Gasteiger partial charge in [-0.25, -0.2) is 4.79 Å². The summed E-state index contributed by atoms with van der Waals surface area (Å²) in [7, 11) is 1.54. The summed E-state index contributed by atoms with van der Waals surface area (Å²) in [5, 5.41) is 13.7. The van der Waals surface area contributed by atoms with Crippen molar-refractivity contribution in [3.05, 3.63) is 58.1 Å². The zero-order valence-corrected chi connectivity index (χ0v) is 15.9. The largest absolute Gasteiger partial charge is 0.497 e. The normalized spacial score (nSPS) is 13.1. The third kappa shape index (κ3) is 5.01. The summed E-state index contributed by atoms with van der Waals surface area (Å²) in [5.74, 6) is -0.647. The van der Waals surface area contributed by atoms with Crippen LogP contribution < -0.4 is 15.0 Å². The van der Waals surface area contributed by atoms with E-state index in [2.05, 4.69) is 5.32 Å². The van der Waals surface area contributed by atoms with Crippen molar-refractivity contribution in [1.82, 2.24) is 0 Å². The highest BCUT2D eigenvalue weighted by Gasteiger charge is 2.24. The van der Waals surface area contributed by atoms with Crippen molar-refractivity contribution in [3.8, 4) is 5.75 Å². The molecule has 1 fully saturated rings. The number of esters is 1. The van der Waals surface area contributed by atoms with E-state index in [1.165, 1.54) is 19.2 Å². The molecule has 1 N–H and O–H groups in total. The summed E-state index contributed by atoms with van der Waals surface area (Å²) >= 11 is 0. The number of nitrogens with zero attached hydrogens (tertiary/aromatic N) is 2. The maximum absolute atomic E-state index is 12.6. The van der Waals surface area contributed by atoms with Gasteiger partial charge in [-0.3, -0.25) is 14.9 Å². The molecule has 0 unspecified atom stereocenters. The smallest absolute Gasteiger partial charge is 0.341 e. The Hall–Kier alpha value is -3.62. The number of anilines is 2. The Morgan fingerprint density at radius 1 is 1.14 bits per heavy atom. The first-order valence-corrected chi connectivity index (χ1v) is 9.12. The number of nitrogens with one attached hydrogen (secondary N) is 1. The van der Waals surface area contributed by atoms with Gasteiger partial charge >= 0.3 is 5.97 Å². The van der Waals surface area contributed by atoms with E-state index in [9.17, 15) is 19.7 Å². The summed E-state index contributed by atoms with van der Waals surface area (Å²) in [6, 6.07) is 10.8. The molecular weight excluding hydrogens is 378 g/mol. The second kappa shape index (κ2) is 9.05. The van der Waals surface area contributed by atoms with Crippen LogP contribution in [0.5, 0.6) is 5.75 Å². The van der Waals surface area contributed by atoms with E-state index in [1.54, 1.807) is 30.3 Å². The number of benzene rings is 2. The number of hydrogen-bond acceptors (Lipinski definition) is 7. The predicted octanol–water partition coefficient (Wildman–Crippen LogP) is 3.00. The molecule has 2 aromatic rings. The highest BCUT2D eigenvalue weighted by Crippen LogP contribution is 2.29. The lowest BCUT2D eigenvalue weighted by Gasteiger charge is -2.20. The van der Waals surface area contributed by atoms with Crippen molar-refractivity contribution < 1.29 is 24.0 Å². The van der Waals surface area contributed by atoms with E-state index in [4.69, 9.17) is 9.47 Å². The molecular formula is C20H21N3O6. The van der Waals surface area contributed by atoms with Gasteiger partial charge in [0.2, 0.25) is 0 Å². The van der Waals surface area contributed by atoms with Crippen LogP contribution in [0.2, 0.25) is 0 Å². The number of methoxy groups -OCH3 is 1. The fraction of sp³-hybridized carbons (Fsp3) is 0.300. The number of hydrogen-bond donors (Lipinski definition) is 1. The lowest BCUT2D eigenvalue weighted by molar-refractivity contribution is -0.384. The third-order valence-corrected chi connectivity index (χ3v) is 4.57. The van der Waals surface area contributed by atoms with Crippen molar-refractivity contribution >= 4 is 28.9 Å². The predicted molar refractivity (Wildman–Crippen MR) is 106 cm³/mol. The minimum absolute atomic E-state index is 0.0818. The molecule has 9 nitrogen and oxygen atoms in total. The topological polar surface area (TPSA) is 111 Å². The Labute approximate surface area is 167 Å². The Balaban J connectivity index is 1.67. The van der Waals surface area contributed by atoms with E-state index in [0.29, 0.717) is 17.1 Å². The van der Waals surface area contributed by atoms with Crippen LogP contribution in [0.4, 0.5) is 17.1 Å². The molecule has 1 amide bonds. The number of nitro groups is 1. The molecule has 3 rings (SSSR count). The van der Waals surface area contributed by atoms with E-state index >= 15 is 0 Å². The lowest BCUT2D eigenvalue weighted by atomic mass is 10.1. The van der Waals surface area contributed by atoms with Crippen LogP contribution in [-0.2, 0) is 9.53 Å². The SMILES string of the molecule is COc1ccc(NC(=O)COC(=O)c2cc([N+](=O)[O-])ccc2N2CCCC2)cc1. The third-order valence-electron chi connectivity index (χ3n) is 4.57. The van der Waals surface area contributed by atoms with Crippen LogP contribution in [0.25, 0.3) is 0 Å². The van der Waals surface area contributed by atoms with Gasteiger partial charge in [0.1, 0.15) is 5.75 Å². The highest BCUT2D eigenvalue weighted by atomic mass is 16.6. The molecule has 0 saturated carbocycles. The Kier molecular flexibility index (Phi) is 6.28. The van der Waals surface area contributed by atoms with Gasteiger partial charge in [-0.05, 0) is 43.2 Å². The molecule has 0 aliphatic carbocycles. The van der Waals surface area contributed by atoms with Crippen LogP contribution in [-0.4, -0.2) is 43.6 Å². The fourth-order valence-corrected chi connectivity index (χ4v) is 3.12. The number of amides is 1. The minimum atomic E-state index is -0.777. The average Bonchev–Trinajstić information content (AvgIpc) is 3.26. The van der Waals surface area contributed by atoms with Crippen molar-refractivity contribution in [2.75, 3.05) is 37.0 Å². The number of ether oxygens (including phenoxy) is 2. The number of carbonyl (C=O) groups excluding carboxylic acids is 2. The molecule has 0 aromatic heterocycles. The number of rotatable bonds is 7. The molecule has 152 valence electrons. The Morgan fingerprint density at radius 2 is 1.83 bits per heavy atom. The summed E-state index contributed by atoms with van der Waals surface area (Å²) in [4.78, 5) is 37.2. The molecule has 29 heavy (non-hydrogen) atoms. The number of carbonyl (C=O) groups is 2. The van der Waals surface area contributed by atoms with Gasteiger partial charge in [0, 0.05) is 30.9 Å². The van der Waals surface area contributed by atoms with E-state index in [0.717, 1.165) is 25.9 Å². The van der Waals surface area contributed by atoms with Gasteiger partial charge < -0.3 is 19.7 Å². The van der Waals surface area contributed by atoms with Crippen LogP contribution >= 0.6 is 0 Å². The van der Waals surface area contributed by atoms with Gasteiger partial charge in [-0.2, -0.15) is 0 Å². The first-order chi connectivity index (χ1) is 14.0. The zero-order chi connectivity index (χ0) is 20.8. The molecule has 1 saturated heterocycles. The summed E-state index contributed by atoms with van der Waals surface area (Å²) in [6.45, 7) is 1.01. The second-order valence-corrected chi connectivity index (χ2v) is 6.51. The standard InChI is InChI=1S/C20H21N3O6/c1-28-16-7-4-14(5-8-16)21-19(24)13-29-20(25)17-12-15(23(26)27)6-9-18(17)22-10-2-3-11-22/h4-9,12H,2-3,10-11,13H2,1H3,(H,21,24). The summed E-state index contributed by atoms with van der Waals surface area (Å²) in [6.07, 6.45) is 1.96. The monoisotopic (exact) mass is 399 g/mol. The van der Waals surface area contributed by atoms with Crippen LogP contribution in [0.15, 0.2) is 42.5 Å². The Morgan fingerprint density at radius 3 is 2.45 bits per heavy atom. The van der Waals surface area contributed by atoms with Crippen LogP contribution in [0, 0.1) is 10.1 Å². The molecule has 0 radical (unpaired) electrons. The lowest BCUT2D eigenvalue weighted by Crippen LogP contribution is -2.24. The maximum atomic E-state index is 12.6. The molecule has 0 atom stereocenters. The first-order valence-electron chi connectivity index (χ1n) is 9.12. The molecule has 0 bridgehead atoms. The van der Waals surface area contributed by atoms with Crippen molar-refractivity contribution in [2.45, 2.75) is 12.8 Å². The minimum Gasteiger partial charge on any atom is -0.497 e. The molecule has 1 aliphatic rings. The molecule has 1 aliphatic heterocycles. The quantitative estimate of drug-likeness (QED) is 0.433. The molecule has 1 heterocycles. The van der Waals surface area contributed by atoms with Gasteiger partial charge in [0.25, 0.3) is 11.6 Å². The average molecular weight is 399 g/mol. The Bertz CT molecular complexity index is 907. The summed E-state index contributed by atoms with van der Waals surface area (Å²) in [5.41, 5.74) is 0.981. The fourth-order valence-electron chi connectivity index (χ4n) is 3.12. The van der Waals surface area contributed by atoms with Gasteiger partial charge in [-0.1, -0.05) is 0 Å². The second-order valence-electron chi connectivity index (χ2n) is 6.51. The van der Waals surface area contributed by atoms with E-state index in [-0.39, 0.29) is 11.3 Å². The molecule has 0 spiro atoms. The van der Waals surface area contributed by atoms with Crippen molar-refractivity contribution in [1.29, 1.82) is 0 Å². The van der Waals surface area contributed by atoms with Gasteiger partial charge in [0.15, 0.2) is 6.61 Å². The van der Waals surface area contributed by atoms with Crippen molar-refractivity contribution in [3.63, 3.8) is 0 Å². The maximum Gasteiger partial charge on any atom is 0.341 e. The van der Waals surface area contributed by atoms with Crippen molar-refractivity contribution in [2.24, 2.45) is 0 Å². The van der Waals surface area contributed by atoms with Gasteiger partial charge in [0.05, 0.1) is 23.3 Å². The van der Waals surface area contributed by atoms with E-state index in [1.807, 2.05) is 4.90 Å². The first kappa shape index (κ1) is 20.1. The summed E-state index contributed by atoms with van der Waals surface area (Å²) < 4.78 is 10.2. The number of non-ortho nitro benzene ring substituents is 1.